The monoisotopic (exact) mass is 263 g/mol. The van der Waals surface area contributed by atoms with Crippen LogP contribution in [0.4, 0.5) is 0 Å². The summed E-state index contributed by atoms with van der Waals surface area (Å²) in [7, 11) is 0. The zero-order valence-corrected chi connectivity index (χ0v) is 10.3. The molecular weight excluding hydrogens is 250 g/mol. The van der Waals surface area contributed by atoms with Crippen LogP contribution in [-0.4, -0.2) is 6.04 Å². The Bertz CT molecular complexity index is 405. The van der Waals surface area contributed by atoms with Gasteiger partial charge in [0.05, 0.1) is 6.04 Å². The predicted octanol–water partition coefficient (Wildman–Crippen LogP) is 3.05. The lowest BCUT2D eigenvalue weighted by molar-refractivity contribution is 0.508. The Morgan fingerprint density at radius 1 is 1.60 bits per heavy atom. The Morgan fingerprint density at radius 3 is 3.13 bits per heavy atom. The van der Waals surface area contributed by atoms with Gasteiger partial charge in [-0.2, -0.15) is 0 Å². The molecule has 2 atom stereocenters. The van der Waals surface area contributed by atoms with Gasteiger partial charge in [-0.25, -0.2) is 0 Å². The van der Waals surface area contributed by atoms with Crippen molar-refractivity contribution in [3.8, 4) is 12.3 Å². The van der Waals surface area contributed by atoms with Crippen LogP contribution in [0.15, 0.2) is 22.7 Å². The van der Waals surface area contributed by atoms with Crippen molar-refractivity contribution in [2.45, 2.75) is 31.8 Å². The molecule has 1 nitrogen and oxygen atoms in total. The molecule has 2 unspecified atom stereocenters. The normalized spacial score (nSPS) is 20.7. The maximum Gasteiger partial charge on any atom is 0.0663 e. The smallest absolute Gasteiger partial charge is 0.0663 e. The number of benzene rings is 1. The molecule has 0 saturated heterocycles. The Hall–Kier alpha value is -0.780. The maximum atomic E-state index is 5.37. The molecule has 15 heavy (non-hydrogen) atoms. The summed E-state index contributed by atoms with van der Waals surface area (Å²) in [5.74, 6) is 2.71. The van der Waals surface area contributed by atoms with Gasteiger partial charge in [0.15, 0.2) is 0 Å². The number of aryl methyl sites for hydroxylation is 1. The molecule has 1 N–H and O–H groups in total. The van der Waals surface area contributed by atoms with Crippen LogP contribution in [-0.2, 0) is 6.42 Å². The lowest BCUT2D eigenvalue weighted by Gasteiger charge is -2.16. The van der Waals surface area contributed by atoms with Gasteiger partial charge in [-0.3, -0.25) is 5.32 Å². The van der Waals surface area contributed by atoms with Crippen molar-refractivity contribution in [2.24, 2.45) is 0 Å². The van der Waals surface area contributed by atoms with Crippen molar-refractivity contribution in [3.05, 3.63) is 33.8 Å². The van der Waals surface area contributed by atoms with Crippen LogP contribution >= 0.6 is 15.9 Å². The van der Waals surface area contributed by atoms with Gasteiger partial charge < -0.3 is 0 Å². The maximum absolute atomic E-state index is 5.37. The van der Waals surface area contributed by atoms with Crippen molar-refractivity contribution >= 4 is 15.9 Å². The van der Waals surface area contributed by atoms with E-state index in [4.69, 9.17) is 6.42 Å². The highest BCUT2D eigenvalue weighted by atomic mass is 79.9. The van der Waals surface area contributed by atoms with Gasteiger partial charge in [0.2, 0.25) is 0 Å². The summed E-state index contributed by atoms with van der Waals surface area (Å²) >= 11 is 3.50. The number of terminal acetylenes is 1. The van der Waals surface area contributed by atoms with Gasteiger partial charge in [0.25, 0.3) is 0 Å². The Balaban J connectivity index is 2.19. The van der Waals surface area contributed by atoms with Gasteiger partial charge in [-0.1, -0.05) is 27.9 Å². The summed E-state index contributed by atoms with van der Waals surface area (Å²) in [6.45, 7) is 2.02. The summed E-state index contributed by atoms with van der Waals surface area (Å²) in [6, 6.07) is 7.06. The number of fused-ring (bicyclic) bond motifs is 1. The molecule has 0 heterocycles. The van der Waals surface area contributed by atoms with E-state index in [1.807, 2.05) is 6.92 Å². The second kappa shape index (κ2) is 4.38. The van der Waals surface area contributed by atoms with E-state index in [0.717, 1.165) is 17.3 Å². The topological polar surface area (TPSA) is 12.0 Å². The molecule has 1 aromatic carbocycles. The predicted molar refractivity (Wildman–Crippen MR) is 66.6 cm³/mol. The van der Waals surface area contributed by atoms with E-state index >= 15 is 0 Å². The van der Waals surface area contributed by atoms with Crippen LogP contribution in [0.1, 0.15) is 30.5 Å². The molecule has 0 fully saturated rings. The average molecular weight is 264 g/mol. The minimum absolute atomic E-state index is 0.143. The first-order valence-electron chi connectivity index (χ1n) is 5.21. The third-order valence-corrected chi connectivity index (χ3v) is 3.38. The van der Waals surface area contributed by atoms with E-state index < -0.39 is 0 Å². The fourth-order valence-electron chi connectivity index (χ4n) is 2.11. The first-order valence-corrected chi connectivity index (χ1v) is 6.00. The van der Waals surface area contributed by atoms with Crippen LogP contribution in [0.25, 0.3) is 0 Å². The fourth-order valence-corrected chi connectivity index (χ4v) is 2.52. The zero-order chi connectivity index (χ0) is 10.8. The van der Waals surface area contributed by atoms with Gasteiger partial charge >= 0.3 is 0 Å². The quantitative estimate of drug-likeness (QED) is 0.809. The molecular formula is C13H14BrN. The Morgan fingerprint density at radius 2 is 2.40 bits per heavy atom. The molecule has 2 rings (SSSR count). The van der Waals surface area contributed by atoms with E-state index in [1.165, 1.54) is 11.1 Å². The molecule has 0 amide bonds. The molecule has 0 radical (unpaired) electrons. The van der Waals surface area contributed by atoms with Gasteiger partial charge in [0, 0.05) is 10.5 Å². The summed E-state index contributed by atoms with van der Waals surface area (Å²) in [5.41, 5.74) is 2.84. The van der Waals surface area contributed by atoms with Crippen LogP contribution in [0.5, 0.6) is 0 Å². The van der Waals surface area contributed by atoms with Gasteiger partial charge in [0.1, 0.15) is 0 Å². The Labute approximate surface area is 99.4 Å². The van der Waals surface area contributed by atoms with Gasteiger partial charge in [-0.15, -0.1) is 6.42 Å². The number of rotatable bonds is 2. The molecule has 78 valence electrons. The lowest BCUT2D eigenvalue weighted by atomic mass is 10.1. The summed E-state index contributed by atoms with van der Waals surface area (Å²) < 4.78 is 1.16. The highest BCUT2D eigenvalue weighted by Gasteiger charge is 2.22. The molecule has 0 saturated carbocycles. The van der Waals surface area contributed by atoms with E-state index in [1.54, 1.807) is 0 Å². The first kappa shape index (κ1) is 10.7. The van der Waals surface area contributed by atoms with Crippen molar-refractivity contribution in [1.29, 1.82) is 0 Å². The zero-order valence-electron chi connectivity index (χ0n) is 8.76. The summed E-state index contributed by atoms with van der Waals surface area (Å²) in [6.07, 6.45) is 7.67. The molecule has 0 aromatic heterocycles. The van der Waals surface area contributed by atoms with E-state index in [2.05, 4.69) is 45.4 Å². The standard InChI is InChI=1S/C13H14BrN/c1-3-9(2)15-13-7-4-10-8-11(14)5-6-12(10)13/h1,5-6,8-9,13,15H,4,7H2,2H3. The van der Waals surface area contributed by atoms with Crippen LogP contribution < -0.4 is 5.32 Å². The van der Waals surface area contributed by atoms with Crippen molar-refractivity contribution in [2.75, 3.05) is 0 Å². The van der Waals surface area contributed by atoms with E-state index in [-0.39, 0.29) is 6.04 Å². The third kappa shape index (κ3) is 2.25. The fraction of sp³-hybridized carbons (Fsp3) is 0.385. The average Bonchev–Trinajstić information content (AvgIpc) is 2.60. The van der Waals surface area contributed by atoms with Crippen LogP contribution in [0.3, 0.4) is 0 Å². The number of hydrogen-bond donors (Lipinski definition) is 1. The summed E-state index contributed by atoms with van der Waals surface area (Å²) in [5, 5.41) is 3.45. The van der Waals surface area contributed by atoms with E-state index in [0.29, 0.717) is 6.04 Å². The van der Waals surface area contributed by atoms with Crippen molar-refractivity contribution in [1.82, 2.24) is 5.32 Å². The molecule has 0 aliphatic heterocycles. The molecule has 0 bridgehead atoms. The van der Waals surface area contributed by atoms with Crippen molar-refractivity contribution in [3.63, 3.8) is 0 Å². The van der Waals surface area contributed by atoms with Crippen molar-refractivity contribution < 1.29 is 0 Å². The second-order valence-corrected chi connectivity index (χ2v) is 4.91. The molecule has 2 heteroatoms. The summed E-state index contributed by atoms with van der Waals surface area (Å²) in [4.78, 5) is 0. The second-order valence-electron chi connectivity index (χ2n) is 3.99. The number of halogens is 1. The third-order valence-electron chi connectivity index (χ3n) is 2.88. The number of hydrogen-bond acceptors (Lipinski definition) is 1. The van der Waals surface area contributed by atoms with Crippen LogP contribution in [0.2, 0.25) is 0 Å². The SMILES string of the molecule is C#CC(C)NC1CCc2cc(Br)ccc21. The largest absolute Gasteiger partial charge is 0.297 e. The highest BCUT2D eigenvalue weighted by molar-refractivity contribution is 9.10. The van der Waals surface area contributed by atoms with Crippen LogP contribution in [0, 0.1) is 12.3 Å². The Kier molecular flexibility index (Phi) is 3.14. The van der Waals surface area contributed by atoms with E-state index in [9.17, 15) is 0 Å². The highest BCUT2D eigenvalue weighted by Crippen LogP contribution is 2.33. The molecule has 1 aliphatic rings. The minimum Gasteiger partial charge on any atom is -0.297 e. The van der Waals surface area contributed by atoms with Gasteiger partial charge in [-0.05, 0) is 43.0 Å². The molecule has 1 aromatic rings. The molecule has 1 aliphatic carbocycles. The minimum atomic E-state index is 0.143. The number of nitrogens with one attached hydrogen (secondary N) is 1. The molecule has 0 spiro atoms. The lowest BCUT2D eigenvalue weighted by Crippen LogP contribution is -2.27. The first-order chi connectivity index (χ1) is 7.20.